The summed E-state index contributed by atoms with van der Waals surface area (Å²) in [7, 11) is 1.47. The van der Waals surface area contributed by atoms with Gasteiger partial charge in [-0.3, -0.25) is 14.3 Å². The Labute approximate surface area is 250 Å². The van der Waals surface area contributed by atoms with E-state index in [-0.39, 0.29) is 29.6 Å². The Morgan fingerprint density at radius 2 is 2.02 bits per heavy atom. The maximum atomic E-state index is 15.3. The highest BCUT2D eigenvalue weighted by molar-refractivity contribution is 5.96. The lowest BCUT2D eigenvalue weighted by atomic mass is 9.98. The number of halogens is 1. The maximum Gasteiger partial charge on any atom is 0.254 e. The number of ether oxygens (including phenoxy) is 1. The van der Waals surface area contributed by atoms with Gasteiger partial charge < -0.3 is 25.6 Å². The van der Waals surface area contributed by atoms with Crippen LogP contribution in [0.1, 0.15) is 67.8 Å². The molecule has 0 spiro atoms. The topological polar surface area (TPSA) is 136 Å². The Morgan fingerprint density at radius 3 is 2.70 bits per heavy atom. The first-order valence-electron chi connectivity index (χ1n) is 14.9. The molecular formula is C30H37FN10O2. The van der Waals surface area contributed by atoms with Crippen LogP contribution in [-0.2, 0) is 0 Å². The molecule has 0 bridgehead atoms. The van der Waals surface area contributed by atoms with Crippen molar-refractivity contribution in [2.24, 2.45) is 0 Å². The number of benzene rings is 1. The SMILES string of the molecule is CCC1c2c(C#N)ncn2-c2cnc(Nc3cc(F)c(C(=O)NC4CN(C5CCNCC5)C4)cc3OC)nc2N1C(C)C. The van der Waals surface area contributed by atoms with Crippen molar-refractivity contribution in [3.63, 3.8) is 0 Å². The van der Waals surface area contributed by atoms with Crippen molar-refractivity contribution in [1.82, 2.24) is 35.1 Å². The van der Waals surface area contributed by atoms with Crippen LogP contribution in [0.2, 0.25) is 0 Å². The van der Waals surface area contributed by atoms with Gasteiger partial charge >= 0.3 is 0 Å². The molecule has 3 aliphatic heterocycles. The molecule has 1 unspecified atom stereocenters. The zero-order valence-electron chi connectivity index (χ0n) is 24.9. The number of hydrogen-bond donors (Lipinski definition) is 3. The number of anilines is 3. The van der Waals surface area contributed by atoms with Gasteiger partial charge in [0.2, 0.25) is 5.95 Å². The van der Waals surface area contributed by atoms with Gasteiger partial charge in [0.1, 0.15) is 29.7 Å². The fraction of sp³-hybridized carbons (Fsp3) is 0.500. The lowest BCUT2D eigenvalue weighted by Gasteiger charge is -2.45. The van der Waals surface area contributed by atoms with E-state index in [4.69, 9.17) is 9.72 Å². The van der Waals surface area contributed by atoms with E-state index in [1.54, 1.807) is 12.5 Å². The molecule has 1 amide bonds. The predicted octanol–water partition coefficient (Wildman–Crippen LogP) is 3.27. The van der Waals surface area contributed by atoms with Crippen LogP contribution in [-0.4, -0.2) is 81.7 Å². The number of imidazole rings is 1. The summed E-state index contributed by atoms with van der Waals surface area (Å²) in [5, 5.41) is 19.1. The smallest absolute Gasteiger partial charge is 0.254 e. The van der Waals surface area contributed by atoms with Gasteiger partial charge in [-0.1, -0.05) is 6.92 Å². The molecule has 13 heteroatoms. The average molecular weight is 589 g/mol. The van der Waals surface area contributed by atoms with E-state index in [1.807, 2.05) is 4.57 Å². The summed E-state index contributed by atoms with van der Waals surface area (Å²) in [6, 6.07) is 5.33. The summed E-state index contributed by atoms with van der Waals surface area (Å²) < 4.78 is 22.7. The van der Waals surface area contributed by atoms with Crippen molar-refractivity contribution in [2.75, 3.05) is 43.5 Å². The van der Waals surface area contributed by atoms with Crippen LogP contribution in [0.25, 0.3) is 5.69 Å². The van der Waals surface area contributed by atoms with Crippen LogP contribution in [0.5, 0.6) is 5.75 Å². The molecule has 5 heterocycles. The number of hydrogen-bond acceptors (Lipinski definition) is 10. The standard InChI is InChI=1S/C30H37FN10O2/c1-5-24-27-23(12-32)35-16-40(27)25-13-34-30(38-28(25)41(24)17(2)3)37-22-11-21(31)20(10-26(22)43-4)29(42)36-18-14-39(15-18)19-6-8-33-9-7-19/h10-11,13,16-19,24,33H,5-9,14-15H2,1-4H3,(H,36,42)(H,34,37,38). The molecule has 6 rings (SSSR count). The van der Waals surface area contributed by atoms with E-state index < -0.39 is 11.7 Å². The van der Waals surface area contributed by atoms with Gasteiger partial charge in [0.05, 0.1) is 42.3 Å². The summed E-state index contributed by atoms with van der Waals surface area (Å²) in [6.07, 6.45) is 6.24. The molecule has 2 fully saturated rings. The normalized spacial score (nSPS) is 18.9. The van der Waals surface area contributed by atoms with Crippen molar-refractivity contribution in [2.45, 2.75) is 64.2 Å². The molecule has 1 aromatic carbocycles. The van der Waals surface area contributed by atoms with Crippen molar-refractivity contribution in [1.29, 1.82) is 5.26 Å². The molecule has 3 aliphatic rings. The second-order valence-electron chi connectivity index (χ2n) is 11.6. The van der Waals surface area contributed by atoms with Crippen molar-refractivity contribution < 1.29 is 13.9 Å². The molecule has 226 valence electrons. The highest BCUT2D eigenvalue weighted by Gasteiger charge is 2.37. The molecular weight excluding hydrogens is 551 g/mol. The maximum absolute atomic E-state index is 15.3. The number of piperidine rings is 1. The molecule has 0 saturated carbocycles. The highest BCUT2D eigenvalue weighted by atomic mass is 19.1. The summed E-state index contributed by atoms with van der Waals surface area (Å²) in [4.78, 5) is 31.2. The van der Waals surface area contributed by atoms with Crippen LogP contribution in [0.15, 0.2) is 24.7 Å². The summed E-state index contributed by atoms with van der Waals surface area (Å²) in [6.45, 7) is 9.77. The van der Waals surface area contributed by atoms with Gasteiger partial charge in [0.25, 0.3) is 5.91 Å². The third-order valence-electron chi connectivity index (χ3n) is 8.61. The Balaban J connectivity index is 1.22. The van der Waals surface area contributed by atoms with Gasteiger partial charge in [-0.15, -0.1) is 0 Å². The number of rotatable bonds is 8. The van der Waals surface area contributed by atoms with E-state index in [0.717, 1.165) is 51.1 Å². The van der Waals surface area contributed by atoms with Crippen LogP contribution < -0.4 is 25.6 Å². The third kappa shape index (κ3) is 5.25. The number of likely N-dealkylation sites (tertiary alicyclic amines) is 1. The number of amides is 1. The number of nitrogens with zero attached hydrogens (tertiary/aromatic N) is 7. The Bertz CT molecular complexity index is 1550. The molecule has 2 saturated heterocycles. The van der Waals surface area contributed by atoms with E-state index in [0.29, 0.717) is 34.7 Å². The molecule has 2 aromatic heterocycles. The number of carbonyl (C=O) groups is 1. The summed E-state index contributed by atoms with van der Waals surface area (Å²) >= 11 is 0. The monoisotopic (exact) mass is 588 g/mol. The largest absolute Gasteiger partial charge is 0.495 e. The summed E-state index contributed by atoms with van der Waals surface area (Å²) in [5.41, 5.74) is 2.12. The van der Waals surface area contributed by atoms with Crippen LogP contribution in [0.3, 0.4) is 0 Å². The third-order valence-corrected chi connectivity index (χ3v) is 8.61. The first-order chi connectivity index (χ1) is 20.8. The van der Waals surface area contributed by atoms with Crippen LogP contribution in [0, 0.1) is 17.1 Å². The second-order valence-corrected chi connectivity index (χ2v) is 11.6. The minimum absolute atomic E-state index is 0.00872. The van der Waals surface area contributed by atoms with Gasteiger partial charge in [0.15, 0.2) is 11.5 Å². The minimum Gasteiger partial charge on any atom is -0.495 e. The number of methoxy groups -OCH3 is 1. The van der Waals surface area contributed by atoms with Crippen LogP contribution in [0.4, 0.5) is 21.8 Å². The molecule has 12 nitrogen and oxygen atoms in total. The first kappa shape index (κ1) is 28.8. The van der Waals surface area contributed by atoms with Gasteiger partial charge in [-0.05, 0) is 52.3 Å². The van der Waals surface area contributed by atoms with Crippen molar-refractivity contribution in [3.05, 3.63) is 47.4 Å². The van der Waals surface area contributed by atoms with E-state index >= 15 is 4.39 Å². The molecule has 1 atom stereocenters. The van der Waals surface area contributed by atoms with Crippen molar-refractivity contribution in [3.8, 4) is 17.5 Å². The van der Waals surface area contributed by atoms with E-state index in [9.17, 15) is 10.1 Å². The molecule has 3 N–H and O–H groups in total. The van der Waals surface area contributed by atoms with Gasteiger partial charge in [-0.25, -0.2) is 14.4 Å². The fourth-order valence-corrected chi connectivity index (χ4v) is 6.47. The number of fused-ring (bicyclic) bond motifs is 3. The lowest BCUT2D eigenvalue weighted by molar-refractivity contribution is 0.0530. The van der Waals surface area contributed by atoms with Gasteiger partial charge in [0, 0.05) is 31.2 Å². The molecule has 0 radical (unpaired) electrons. The Morgan fingerprint density at radius 1 is 1.26 bits per heavy atom. The Kier molecular flexibility index (Phi) is 7.89. The first-order valence-corrected chi connectivity index (χ1v) is 14.9. The highest BCUT2D eigenvalue weighted by Crippen LogP contribution is 2.42. The molecule has 43 heavy (non-hydrogen) atoms. The lowest BCUT2D eigenvalue weighted by Crippen LogP contribution is -2.63. The Hall–Kier alpha value is -4.28. The molecule has 0 aliphatic carbocycles. The summed E-state index contributed by atoms with van der Waals surface area (Å²) in [5.74, 6) is 0.0677. The van der Waals surface area contributed by atoms with E-state index in [1.165, 1.54) is 19.2 Å². The van der Waals surface area contributed by atoms with Crippen LogP contribution >= 0.6 is 0 Å². The average Bonchev–Trinajstić information content (AvgIpc) is 3.42. The van der Waals surface area contributed by atoms with E-state index in [2.05, 4.69) is 62.6 Å². The second kappa shape index (κ2) is 11.8. The zero-order chi connectivity index (χ0) is 30.2. The predicted molar refractivity (Wildman–Crippen MR) is 159 cm³/mol. The minimum atomic E-state index is -0.671. The quantitative estimate of drug-likeness (QED) is 0.360. The molecule has 3 aromatic rings. The zero-order valence-corrected chi connectivity index (χ0v) is 24.9. The van der Waals surface area contributed by atoms with Gasteiger partial charge in [-0.2, -0.15) is 10.2 Å². The number of nitriles is 1. The number of nitrogens with one attached hydrogen (secondary N) is 3. The number of aromatic nitrogens is 4. The fourth-order valence-electron chi connectivity index (χ4n) is 6.47. The van der Waals surface area contributed by atoms with Crippen molar-refractivity contribution >= 4 is 23.4 Å². The number of carbonyl (C=O) groups excluding carboxylic acids is 1.